The Kier molecular flexibility index (Phi) is 7.64. The Labute approximate surface area is 327 Å². The van der Waals surface area contributed by atoms with Gasteiger partial charge in [-0.25, -0.2) is 15.0 Å². The summed E-state index contributed by atoms with van der Waals surface area (Å²) in [6, 6.07) is 65.7. The topological polar surface area (TPSA) is 51.8 Å². The van der Waals surface area contributed by atoms with Crippen molar-refractivity contribution in [3.05, 3.63) is 188 Å². The maximum atomic E-state index is 6.56. The van der Waals surface area contributed by atoms with E-state index in [0.29, 0.717) is 17.5 Å². The molecule has 0 saturated carbocycles. The fraction of sp³-hybridized carbons (Fsp3) is 0. The van der Waals surface area contributed by atoms with Crippen LogP contribution in [0.2, 0.25) is 0 Å². The number of rotatable bonds is 6. The number of aromatic nitrogens is 3. The molecule has 3 aromatic heterocycles. The molecule has 8 aromatic carbocycles. The first kappa shape index (κ1) is 32.2. The molecule has 0 saturated heterocycles. The van der Waals surface area contributed by atoms with Crippen LogP contribution < -0.4 is 0 Å². The van der Waals surface area contributed by atoms with E-state index in [1.54, 1.807) is 0 Å². The molecule has 262 valence electrons. The Balaban J connectivity index is 1.04. The minimum atomic E-state index is 0.590. The van der Waals surface area contributed by atoms with Crippen molar-refractivity contribution in [2.75, 3.05) is 0 Å². The Morgan fingerprint density at radius 1 is 0.321 bits per heavy atom. The molecular weight excluding hydrogens is 703 g/mol. The molecule has 5 heteroatoms. The van der Waals surface area contributed by atoms with E-state index in [1.165, 1.54) is 36.9 Å². The van der Waals surface area contributed by atoms with Crippen LogP contribution in [0.3, 0.4) is 0 Å². The number of thiophene rings is 1. The number of fused-ring (bicyclic) bond motifs is 6. The summed E-state index contributed by atoms with van der Waals surface area (Å²) in [5.41, 5.74) is 11.4. The molecule has 4 nitrogen and oxygen atoms in total. The summed E-state index contributed by atoms with van der Waals surface area (Å²) in [5, 5.41) is 4.69. The molecule has 0 amide bonds. The predicted molar refractivity (Wildman–Crippen MR) is 233 cm³/mol. The van der Waals surface area contributed by atoms with Crippen LogP contribution in [-0.4, -0.2) is 15.0 Å². The van der Waals surface area contributed by atoms with Crippen LogP contribution in [0.1, 0.15) is 0 Å². The molecule has 0 atom stereocenters. The largest absolute Gasteiger partial charge is 0.456 e. The van der Waals surface area contributed by atoms with Crippen LogP contribution >= 0.6 is 11.3 Å². The summed E-state index contributed by atoms with van der Waals surface area (Å²) in [4.78, 5) is 15.1. The van der Waals surface area contributed by atoms with Gasteiger partial charge in [-0.1, -0.05) is 140 Å². The van der Waals surface area contributed by atoms with Gasteiger partial charge >= 0.3 is 0 Å². The van der Waals surface area contributed by atoms with Gasteiger partial charge in [-0.15, -0.1) is 11.3 Å². The van der Waals surface area contributed by atoms with Gasteiger partial charge in [-0.05, 0) is 76.3 Å². The zero-order valence-electron chi connectivity index (χ0n) is 30.1. The zero-order chi connectivity index (χ0) is 37.0. The van der Waals surface area contributed by atoms with Gasteiger partial charge in [0.05, 0.1) is 0 Å². The van der Waals surface area contributed by atoms with Crippen LogP contribution in [0.5, 0.6) is 0 Å². The smallest absolute Gasteiger partial charge is 0.164 e. The van der Waals surface area contributed by atoms with Gasteiger partial charge in [0.25, 0.3) is 0 Å². The molecule has 56 heavy (non-hydrogen) atoms. The second-order valence-corrected chi connectivity index (χ2v) is 15.1. The molecule has 3 heterocycles. The number of furan rings is 1. The molecule has 0 fully saturated rings. The Hall–Kier alpha value is -7.21. The van der Waals surface area contributed by atoms with Crippen molar-refractivity contribution < 1.29 is 4.42 Å². The average Bonchev–Trinajstić information content (AvgIpc) is 3.84. The molecular formula is C51H31N3OS. The SMILES string of the molecule is c1ccc(-c2cccc(-c3nc(-c4ccccc4)nc(-c4ccc5c(c4)oc4ccc(-c6cc(-c7ccccc7)cc7c6sc6ccccc67)cc45)n3)c2)cc1. The van der Waals surface area contributed by atoms with Crippen molar-refractivity contribution in [1.29, 1.82) is 0 Å². The lowest BCUT2D eigenvalue weighted by Gasteiger charge is -2.10. The van der Waals surface area contributed by atoms with Gasteiger partial charge in [0.1, 0.15) is 11.2 Å². The van der Waals surface area contributed by atoms with E-state index in [4.69, 9.17) is 19.4 Å². The number of nitrogens with zero attached hydrogens (tertiary/aromatic N) is 3. The molecule has 0 bridgehead atoms. The van der Waals surface area contributed by atoms with E-state index in [-0.39, 0.29) is 0 Å². The number of benzene rings is 8. The maximum Gasteiger partial charge on any atom is 0.164 e. The highest BCUT2D eigenvalue weighted by Crippen LogP contribution is 2.44. The van der Waals surface area contributed by atoms with E-state index in [9.17, 15) is 0 Å². The first-order valence-corrected chi connectivity index (χ1v) is 19.5. The van der Waals surface area contributed by atoms with Crippen molar-refractivity contribution in [2.45, 2.75) is 0 Å². The molecule has 0 N–H and O–H groups in total. The van der Waals surface area contributed by atoms with Gasteiger partial charge in [-0.3, -0.25) is 0 Å². The molecule has 0 aliphatic rings. The van der Waals surface area contributed by atoms with E-state index < -0.39 is 0 Å². The highest BCUT2D eigenvalue weighted by molar-refractivity contribution is 7.26. The van der Waals surface area contributed by atoms with Crippen LogP contribution in [-0.2, 0) is 0 Å². The molecule has 0 radical (unpaired) electrons. The summed E-state index contributed by atoms with van der Waals surface area (Å²) < 4.78 is 9.14. The predicted octanol–water partition coefficient (Wildman–Crippen LogP) is 14.1. The highest BCUT2D eigenvalue weighted by atomic mass is 32.1. The lowest BCUT2D eigenvalue weighted by atomic mass is 9.95. The number of hydrogen-bond acceptors (Lipinski definition) is 5. The lowest BCUT2D eigenvalue weighted by Crippen LogP contribution is -2.00. The maximum absolute atomic E-state index is 6.56. The molecule has 11 aromatic rings. The van der Waals surface area contributed by atoms with Crippen LogP contribution in [0.25, 0.3) is 110 Å². The summed E-state index contributed by atoms with van der Waals surface area (Å²) in [6.07, 6.45) is 0. The summed E-state index contributed by atoms with van der Waals surface area (Å²) in [6.45, 7) is 0. The third-order valence-electron chi connectivity index (χ3n) is 10.5. The Morgan fingerprint density at radius 3 is 1.64 bits per heavy atom. The molecule has 0 aliphatic heterocycles. The third kappa shape index (κ3) is 5.65. The second-order valence-electron chi connectivity index (χ2n) is 14.0. The van der Waals surface area contributed by atoms with E-state index in [1.807, 2.05) is 47.7 Å². The normalized spacial score (nSPS) is 11.6. The summed E-state index contributed by atoms with van der Waals surface area (Å²) >= 11 is 1.85. The standard InChI is InChI=1S/C51H31N3OS/c1-4-13-32(14-5-1)35-19-12-20-37(27-35)50-52-49(34-17-8-3-9-18-34)53-51(54-50)38-23-25-40-43-28-36(24-26-45(43)55-46(40)31-38)42-29-39(33-15-6-2-7-16-33)30-44-41-21-10-11-22-47(41)56-48(42)44/h1-31H. The van der Waals surface area contributed by atoms with Crippen LogP contribution in [0, 0.1) is 0 Å². The Bertz CT molecular complexity index is 3240. The van der Waals surface area contributed by atoms with Crippen LogP contribution in [0.15, 0.2) is 192 Å². The van der Waals surface area contributed by atoms with Crippen molar-refractivity contribution in [1.82, 2.24) is 15.0 Å². The van der Waals surface area contributed by atoms with Crippen molar-refractivity contribution in [3.63, 3.8) is 0 Å². The highest BCUT2D eigenvalue weighted by Gasteiger charge is 2.18. The van der Waals surface area contributed by atoms with Crippen molar-refractivity contribution in [2.24, 2.45) is 0 Å². The quantitative estimate of drug-likeness (QED) is 0.171. The average molecular weight is 734 g/mol. The fourth-order valence-electron chi connectivity index (χ4n) is 7.74. The van der Waals surface area contributed by atoms with Gasteiger partial charge in [0.2, 0.25) is 0 Å². The minimum Gasteiger partial charge on any atom is -0.456 e. The van der Waals surface area contributed by atoms with Crippen molar-refractivity contribution >= 4 is 53.4 Å². The molecule has 0 spiro atoms. The summed E-state index contributed by atoms with van der Waals surface area (Å²) in [5.74, 6) is 1.83. The van der Waals surface area contributed by atoms with Crippen molar-refractivity contribution in [3.8, 4) is 67.5 Å². The minimum absolute atomic E-state index is 0.590. The second kappa shape index (κ2) is 13.3. The number of hydrogen-bond donors (Lipinski definition) is 0. The van der Waals surface area contributed by atoms with E-state index >= 15 is 0 Å². The van der Waals surface area contributed by atoms with Gasteiger partial charge in [-0.2, -0.15) is 0 Å². The summed E-state index contributed by atoms with van der Waals surface area (Å²) in [7, 11) is 0. The Morgan fingerprint density at radius 2 is 0.893 bits per heavy atom. The first-order chi connectivity index (χ1) is 27.7. The third-order valence-corrected chi connectivity index (χ3v) is 11.7. The first-order valence-electron chi connectivity index (χ1n) is 18.7. The lowest BCUT2D eigenvalue weighted by molar-refractivity contribution is 0.669. The molecule has 0 aliphatic carbocycles. The zero-order valence-corrected chi connectivity index (χ0v) is 30.9. The monoisotopic (exact) mass is 733 g/mol. The van der Waals surface area contributed by atoms with Gasteiger partial charge in [0, 0.05) is 53.2 Å². The van der Waals surface area contributed by atoms with Crippen LogP contribution in [0.4, 0.5) is 0 Å². The van der Waals surface area contributed by atoms with Gasteiger partial charge in [0.15, 0.2) is 17.5 Å². The van der Waals surface area contributed by atoms with E-state index in [2.05, 4.69) is 152 Å². The van der Waals surface area contributed by atoms with E-state index in [0.717, 1.165) is 55.3 Å². The fourth-order valence-corrected chi connectivity index (χ4v) is 8.96. The molecule has 0 unspecified atom stereocenters. The van der Waals surface area contributed by atoms with Gasteiger partial charge < -0.3 is 4.42 Å². The molecule has 11 rings (SSSR count).